The van der Waals surface area contributed by atoms with Crippen LogP contribution in [0.1, 0.15) is 5.76 Å². The summed E-state index contributed by atoms with van der Waals surface area (Å²) in [5, 5.41) is 0. The number of ether oxygens (including phenoxy) is 1. The van der Waals surface area contributed by atoms with Crippen molar-refractivity contribution in [2.45, 2.75) is 12.5 Å². The van der Waals surface area contributed by atoms with Crippen molar-refractivity contribution in [1.82, 2.24) is 4.90 Å². The zero-order valence-electron chi connectivity index (χ0n) is 8.18. The molecule has 78 valence electrons. The van der Waals surface area contributed by atoms with Crippen LogP contribution in [0, 0.1) is 0 Å². The Morgan fingerprint density at radius 3 is 3.27 bits per heavy atom. The Hall–Kier alpha value is -1.93. The number of carbonyl (C=O) groups is 1. The maximum atomic E-state index is 11.3. The number of rotatable bonds is 3. The normalized spacial score (nSPS) is 19.9. The molecule has 0 aromatic carbocycles. The Bertz CT molecular complexity index is 390. The van der Waals surface area contributed by atoms with Crippen molar-refractivity contribution in [3.05, 3.63) is 42.7 Å². The number of cyclic esters (lactones) is 1. The lowest BCUT2D eigenvalue weighted by atomic mass is 10.2. The average Bonchev–Trinajstić information content (AvgIpc) is 2.83. The van der Waals surface area contributed by atoms with Crippen LogP contribution < -0.4 is 0 Å². The number of carbonyl (C=O) groups excluding carboxylic acids is 1. The summed E-state index contributed by atoms with van der Waals surface area (Å²) in [5.74, 6) is 0.834. The van der Waals surface area contributed by atoms with Crippen LogP contribution in [-0.2, 0) is 11.2 Å². The first-order valence-electron chi connectivity index (χ1n) is 4.64. The van der Waals surface area contributed by atoms with Crippen LogP contribution in [0.4, 0.5) is 4.79 Å². The van der Waals surface area contributed by atoms with Crippen LogP contribution in [0.15, 0.2) is 41.3 Å². The molecule has 4 heteroatoms. The minimum Gasteiger partial charge on any atom is -0.469 e. The summed E-state index contributed by atoms with van der Waals surface area (Å²) in [6, 6.07) is 3.66. The van der Waals surface area contributed by atoms with Gasteiger partial charge in [-0.1, -0.05) is 6.58 Å². The lowest BCUT2D eigenvalue weighted by Crippen LogP contribution is -2.29. The van der Waals surface area contributed by atoms with Gasteiger partial charge in [-0.05, 0) is 12.1 Å². The van der Waals surface area contributed by atoms with Gasteiger partial charge in [-0.2, -0.15) is 0 Å². The zero-order chi connectivity index (χ0) is 10.7. The standard InChI is InChI=1S/C11H11NO3/c1-2-5-12-9(8-15-11(12)13)7-10-4-3-6-14-10/h3-6,9H,1,7-8H2/t9-/m1/s1. The molecule has 2 heterocycles. The minimum absolute atomic E-state index is 0.0297. The Kier molecular flexibility index (Phi) is 2.61. The number of hydrogen-bond acceptors (Lipinski definition) is 3. The number of furan rings is 1. The van der Waals surface area contributed by atoms with Gasteiger partial charge < -0.3 is 9.15 Å². The van der Waals surface area contributed by atoms with Crippen molar-refractivity contribution in [3.8, 4) is 0 Å². The third-order valence-electron chi connectivity index (χ3n) is 2.25. The minimum atomic E-state index is -0.359. The Morgan fingerprint density at radius 2 is 2.60 bits per heavy atom. The smallest absolute Gasteiger partial charge is 0.414 e. The molecule has 1 aromatic heterocycles. The topological polar surface area (TPSA) is 42.7 Å². The molecule has 1 fully saturated rings. The van der Waals surface area contributed by atoms with Gasteiger partial charge in [-0.15, -0.1) is 5.73 Å². The maximum absolute atomic E-state index is 11.3. The summed E-state index contributed by atoms with van der Waals surface area (Å²) in [4.78, 5) is 12.8. The van der Waals surface area contributed by atoms with Crippen molar-refractivity contribution in [2.75, 3.05) is 6.61 Å². The van der Waals surface area contributed by atoms with Gasteiger partial charge in [0.2, 0.25) is 0 Å². The third kappa shape index (κ3) is 1.95. The molecule has 4 nitrogen and oxygen atoms in total. The molecule has 0 N–H and O–H groups in total. The van der Waals surface area contributed by atoms with E-state index in [1.165, 1.54) is 11.1 Å². The molecule has 1 aliphatic heterocycles. The highest BCUT2D eigenvalue weighted by molar-refractivity contribution is 5.71. The predicted octanol–water partition coefficient (Wildman–Crippen LogP) is 1.94. The highest BCUT2D eigenvalue weighted by Crippen LogP contribution is 2.17. The van der Waals surface area contributed by atoms with E-state index in [-0.39, 0.29) is 12.1 Å². The SMILES string of the molecule is C=C=CN1C(=O)OC[C@H]1Cc1ccco1. The maximum Gasteiger partial charge on any atom is 0.414 e. The fourth-order valence-electron chi connectivity index (χ4n) is 1.55. The first kappa shape index (κ1) is 9.62. The molecule has 15 heavy (non-hydrogen) atoms. The fourth-order valence-corrected chi connectivity index (χ4v) is 1.55. The van der Waals surface area contributed by atoms with Crippen LogP contribution in [0.2, 0.25) is 0 Å². The molecular weight excluding hydrogens is 194 g/mol. The van der Waals surface area contributed by atoms with E-state index in [0.717, 1.165) is 5.76 Å². The second kappa shape index (κ2) is 4.07. The van der Waals surface area contributed by atoms with Crippen LogP contribution in [0.3, 0.4) is 0 Å². The molecule has 2 rings (SSSR count). The highest BCUT2D eigenvalue weighted by Gasteiger charge is 2.31. The lowest BCUT2D eigenvalue weighted by molar-refractivity contribution is 0.166. The molecule has 0 radical (unpaired) electrons. The summed E-state index contributed by atoms with van der Waals surface area (Å²) in [6.07, 6.45) is 3.39. The Morgan fingerprint density at radius 1 is 1.73 bits per heavy atom. The van der Waals surface area contributed by atoms with Crippen molar-refractivity contribution >= 4 is 6.09 Å². The molecule has 1 saturated heterocycles. The lowest BCUT2D eigenvalue weighted by Gasteiger charge is -2.14. The van der Waals surface area contributed by atoms with E-state index < -0.39 is 0 Å². The molecule has 0 unspecified atom stereocenters. The molecular formula is C11H11NO3. The van der Waals surface area contributed by atoms with E-state index in [2.05, 4.69) is 12.3 Å². The molecule has 1 amide bonds. The second-order valence-electron chi connectivity index (χ2n) is 3.25. The monoisotopic (exact) mass is 205 g/mol. The molecule has 0 aliphatic carbocycles. The summed E-state index contributed by atoms with van der Waals surface area (Å²) in [7, 11) is 0. The van der Waals surface area contributed by atoms with Crippen LogP contribution in [0.5, 0.6) is 0 Å². The summed E-state index contributed by atoms with van der Waals surface area (Å²) >= 11 is 0. The Labute approximate surface area is 87.4 Å². The van der Waals surface area contributed by atoms with E-state index >= 15 is 0 Å². The van der Waals surface area contributed by atoms with Crippen LogP contribution in [0.25, 0.3) is 0 Å². The third-order valence-corrected chi connectivity index (χ3v) is 2.25. The van der Waals surface area contributed by atoms with E-state index in [9.17, 15) is 4.79 Å². The second-order valence-corrected chi connectivity index (χ2v) is 3.25. The van der Waals surface area contributed by atoms with Crippen molar-refractivity contribution in [3.63, 3.8) is 0 Å². The van der Waals surface area contributed by atoms with E-state index in [0.29, 0.717) is 13.0 Å². The van der Waals surface area contributed by atoms with Crippen molar-refractivity contribution < 1.29 is 13.9 Å². The largest absolute Gasteiger partial charge is 0.469 e. The van der Waals surface area contributed by atoms with Gasteiger partial charge in [0.15, 0.2) is 0 Å². The van der Waals surface area contributed by atoms with Gasteiger partial charge in [-0.25, -0.2) is 4.79 Å². The van der Waals surface area contributed by atoms with E-state index in [4.69, 9.17) is 9.15 Å². The van der Waals surface area contributed by atoms with Gasteiger partial charge in [0.05, 0.1) is 18.5 Å². The summed E-state index contributed by atoms with van der Waals surface area (Å²) in [6.45, 7) is 3.81. The first-order chi connectivity index (χ1) is 7.31. The van der Waals surface area contributed by atoms with Crippen molar-refractivity contribution in [1.29, 1.82) is 0 Å². The van der Waals surface area contributed by atoms with Gasteiger partial charge in [0.25, 0.3) is 0 Å². The molecule has 1 aliphatic rings. The number of amides is 1. The first-order valence-corrected chi connectivity index (χ1v) is 4.64. The molecule has 0 bridgehead atoms. The van der Waals surface area contributed by atoms with Crippen molar-refractivity contribution in [2.24, 2.45) is 0 Å². The van der Waals surface area contributed by atoms with E-state index in [1.807, 2.05) is 12.1 Å². The molecule has 0 saturated carbocycles. The van der Waals surface area contributed by atoms with E-state index in [1.54, 1.807) is 6.26 Å². The number of nitrogens with zero attached hydrogens (tertiary/aromatic N) is 1. The summed E-state index contributed by atoms with van der Waals surface area (Å²) < 4.78 is 10.1. The van der Waals surface area contributed by atoms with Gasteiger partial charge in [-0.3, -0.25) is 4.90 Å². The van der Waals surface area contributed by atoms with Crippen LogP contribution in [-0.4, -0.2) is 23.6 Å². The van der Waals surface area contributed by atoms with Crippen LogP contribution >= 0.6 is 0 Å². The quantitative estimate of drug-likeness (QED) is 0.708. The Balaban J connectivity index is 2.09. The average molecular weight is 205 g/mol. The summed E-state index contributed by atoms with van der Waals surface area (Å²) in [5.41, 5.74) is 2.57. The molecule has 0 spiro atoms. The molecule has 1 aromatic rings. The fraction of sp³-hybridized carbons (Fsp3) is 0.273. The highest BCUT2D eigenvalue weighted by atomic mass is 16.6. The predicted molar refractivity (Wildman–Crippen MR) is 53.1 cm³/mol. The number of hydrogen-bond donors (Lipinski definition) is 0. The van der Waals surface area contributed by atoms with Gasteiger partial charge in [0.1, 0.15) is 12.4 Å². The zero-order valence-corrected chi connectivity index (χ0v) is 8.18. The van der Waals surface area contributed by atoms with Gasteiger partial charge in [0, 0.05) is 6.42 Å². The molecule has 1 atom stereocenters. The van der Waals surface area contributed by atoms with Gasteiger partial charge >= 0.3 is 6.09 Å².